The highest BCUT2D eigenvalue weighted by Crippen LogP contribution is 2.33. The van der Waals surface area contributed by atoms with Gasteiger partial charge < -0.3 is 5.32 Å². The number of carbonyl (C=O) groups is 2. The number of thioether (sulfide) groups is 1. The molecule has 3 aromatic rings. The Labute approximate surface area is 179 Å². The van der Waals surface area contributed by atoms with Gasteiger partial charge in [-0.1, -0.05) is 60.1 Å². The summed E-state index contributed by atoms with van der Waals surface area (Å²) < 4.78 is 0. The van der Waals surface area contributed by atoms with Crippen LogP contribution in [-0.2, 0) is 17.6 Å². The number of carbonyl (C=O) groups excluding carboxylic acids is 2. The number of aryl methyl sites for hydroxylation is 2. The monoisotopic (exact) mass is 421 g/mol. The van der Waals surface area contributed by atoms with Crippen molar-refractivity contribution in [2.75, 3.05) is 11.1 Å². The van der Waals surface area contributed by atoms with Gasteiger partial charge in [-0.25, -0.2) is 0 Å². The first-order chi connectivity index (χ1) is 14.1. The number of Topliss-reactive ketones (excluding diaryl/α,β-unsaturated/α-hetero) is 1. The highest BCUT2D eigenvalue weighted by Gasteiger charge is 2.33. The van der Waals surface area contributed by atoms with Gasteiger partial charge in [0.2, 0.25) is 5.91 Å². The van der Waals surface area contributed by atoms with Gasteiger partial charge in [-0.2, -0.15) is 0 Å². The van der Waals surface area contributed by atoms with Gasteiger partial charge in [0.25, 0.3) is 0 Å². The molecule has 5 heteroatoms. The summed E-state index contributed by atoms with van der Waals surface area (Å²) in [4.78, 5) is 26.3. The maximum absolute atomic E-state index is 12.7. The van der Waals surface area contributed by atoms with E-state index in [4.69, 9.17) is 11.6 Å². The molecule has 0 aliphatic carbocycles. The number of ketones is 1. The maximum atomic E-state index is 12.7. The molecule has 0 saturated carbocycles. The van der Waals surface area contributed by atoms with Crippen molar-refractivity contribution in [1.82, 2.24) is 0 Å². The Balaban J connectivity index is 1.37. The van der Waals surface area contributed by atoms with Crippen LogP contribution in [0.15, 0.2) is 77.7 Å². The van der Waals surface area contributed by atoms with Gasteiger partial charge in [-0.15, -0.1) is 11.8 Å². The first kappa shape index (κ1) is 19.7. The van der Waals surface area contributed by atoms with Crippen LogP contribution < -0.4 is 5.32 Å². The van der Waals surface area contributed by atoms with Gasteiger partial charge in [0.15, 0.2) is 5.78 Å². The first-order valence-electron chi connectivity index (χ1n) is 9.51. The molecule has 0 spiro atoms. The number of hydrogen-bond acceptors (Lipinski definition) is 3. The molecule has 1 atom stereocenters. The number of nitrogens with one attached hydrogen (secondary N) is 1. The number of fused-ring (bicyclic) bond motifs is 1. The van der Waals surface area contributed by atoms with E-state index < -0.39 is 5.92 Å². The van der Waals surface area contributed by atoms with Crippen LogP contribution >= 0.6 is 23.4 Å². The second-order valence-electron chi connectivity index (χ2n) is 7.00. The van der Waals surface area contributed by atoms with E-state index in [9.17, 15) is 9.59 Å². The van der Waals surface area contributed by atoms with Crippen molar-refractivity contribution in [3.63, 3.8) is 0 Å². The molecular weight excluding hydrogens is 402 g/mol. The van der Waals surface area contributed by atoms with Crippen LogP contribution in [-0.4, -0.2) is 17.4 Å². The Bertz CT molecular complexity index is 1050. The van der Waals surface area contributed by atoms with Crippen molar-refractivity contribution in [2.45, 2.75) is 17.7 Å². The van der Waals surface area contributed by atoms with Crippen LogP contribution in [0.4, 0.5) is 5.69 Å². The molecule has 3 nitrogen and oxygen atoms in total. The van der Waals surface area contributed by atoms with Crippen LogP contribution in [0.5, 0.6) is 0 Å². The third-order valence-corrected chi connectivity index (χ3v) is 6.59. The van der Waals surface area contributed by atoms with Crippen molar-refractivity contribution >= 4 is 40.7 Å². The summed E-state index contributed by atoms with van der Waals surface area (Å²) in [5.41, 5.74) is 3.63. The lowest BCUT2D eigenvalue weighted by Crippen LogP contribution is -2.34. The van der Waals surface area contributed by atoms with Crippen LogP contribution in [0.3, 0.4) is 0 Å². The van der Waals surface area contributed by atoms with Gasteiger partial charge >= 0.3 is 0 Å². The molecule has 0 fully saturated rings. The highest BCUT2D eigenvalue weighted by atomic mass is 35.5. The summed E-state index contributed by atoms with van der Waals surface area (Å²) in [6.07, 6.45) is 1.73. The first-order valence-corrected chi connectivity index (χ1v) is 10.9. The van der Waals surface area contributed by atoms with Crippen LogP contribution in [0.2, 0.25) is 5.02 Å². The number of anilines is 1. The predicted molar refractivity (Wildman–Crippen MR) is 119 cm³/mol. The number of halogens is 1. The highest BCUT2D eigenvalue weighted by molar-refractivity contribution is 7.99. The molecule has 3 aromatic carbocycles. The number of benzene rings is 3. The molecule has 146 valence electrons. The number of rotatable bonds is 5. The molecule has 1 heterocycles. The fourth-order valence-corrected chi connectivity index (χ4v) is 4.77. The van der Waals surface area contributed by atoms with Crippen LogP contribution in [0, 0.1) is 5.92 Å². The largest absolute Gasteiger partial charge is 0.325 e. The molecule has 1 N–H and O–H groups in total. The molecule has 0 saturated heterocycles. The molecule has 0 aromatic heterocycles. The van der Waals surface area contributed by atoms with Crippen molar-refractivity contribution in [3.05, 3.63) is 94.5 Å². The molecule has 4 rings (SSSR count). The molecular formula is C24H20ClNO2S. The van der Waals surface area contributed by atoms with Crippen molar-refractivity contribution < 1.29 is 9.59 Å². The van der Waals surface area contributed by atoms with Gasteiger partial charge in [0, 0.05) is 26.9 Å². The zero-order valence-electron chi connectivity index (χ0n) is 15.7. The van der Waals surface area contributed by atoms with E-state index in [2.05, 4.69) is 5.32 Å². The van der Waals surface area contributed by atoms with E-state index in [-0.39, 0.29) is 11.7 Å². The van der Waals surface area contributed by atoms with E-state index in [1.54, 1.807) is 17.8 Å². The minimum atomic E-state index is -0.658. The second-order valence-corrected chi connectivity index (χ2v) is 8.47. The number of hydrogen-bond donors (Lipinski definition) is 1. The fourth-order valence-electron chi connectivity index (χ4n) is 3.39. The Kier molecular flexibility index (Phi) is 6.02. The molecule has 29 heavy (non-hydrogen) atoms. The average Bonchev–Trinajstić information content (AvgIpc) is 2.74. The molecule has 1 unspecified atom stereocenters. The van der Waals surface area contributed by atoms with Gasteiger partial charge in [0.05, 0.1) is 0 Å². The van der Waals surface area contributed by atoms with E-state index in [0.29, 0.717) is 17.0 Å². The summed E-state index contributed by atoms with van der Waals surface area (Å²) in [5, 5.41) is 3.67. The fraction of sp³-hybridized carbons (Fsp3) is 0.167. The summed E-state index contributed by atoms with van der Waals surface area (Å²) in [7, 11) is 0. The lowest BCUT2D eigenvalue weighted by molar-refractivity contribution is -0.118. The topological polar surface area (TPSA) is 46.2 Å². The minimum Gasteiger partial charge on any atom is -0.325 e. The summed E-state index contributed by atoms with van der Waals surface area (Å²) in [5.74, 6) is -0.541. The zero-order valence-corrected chi connectivity index (χ0v) is 17.3. The van der Waals surface area contributed by atoms with Crippen molar-refractivity contribution in [2.24, 2.45) is 5.92 Å². The summed E-state index contributed by atoms with van der Waals surface area (Å²) in [6, 6.07) is 23.1. The van der Waals surface area contributed by atoms with E-state index in [0.717, 1.165) is 28.3 Å². The number of amides is 1. The Morgan fingerprint density at radius 1 is 0.966 bits per heavy atom. The van der Waals surface area contributed by atoms with E-state index in [1.165, 1.54) is 5.56 Å². The molecule has 1 aliphatic heterocycles. The normalized spacial score (nSPS) is 15.6. The van der Waals surface area contributed by atoms with Crippen LogP contribution in [0.25, 0.3) is 0 Å². The summed E-state index contributed by atoms with van der Waals surface area (Å²) >= 11 is 7.77. The van der Waals surface area contributed by atoms with Gasteiger partial charge in [0.1, 0.15) is 5.92 Å². The average molecular weight is 422 g/mol. The molecule has 0 bridgehead atoms. The quantitative estimate of drug-likeness (QED) is 0.540. The molecule has 1 amide bonds. The lowest BCUT2D eigenvalue weighted by Gasteiger charge is -2.22. The van der Waals surface area contributed by atoms with E-state index >= 15 is 0 Å². The predicted octanol–water partition coefficient (Wildman–Crippen LogP) is 5.67. The SMILES string of the molecule is O=C(Nc1ccc(CCc2ccccc2Cl)cc1)C1CSc2ccccc2C1=O. The maximum Gasteiger partial charge on any atom is 0.236 e. The Morgan fingerprint density at radius 3 is 2.48 bits per heavy atom. The Hall–Kier alpha value is -2.56. The zero-order chi connectivity index (χ0) is 20.2. The third-order valence-electron chi connectivity index (χ3n) is 5.05. The lowest BCUT2D eigenvalue weighted by atomic mass is 9.97. The van der Waals surface area contributed by atoms with Crippen molar-refractivity contribution in [3.8, 4) is 0 Å². The molecule has 0 radical (unpaired) electrons. The van der Waals surface area contributed by atoms with Crippen molar-refractivity contribution in [1.29, 1.82) is 0 Å². The minimum absolute atomic E-state index is 0.104. The van der Waals surface area contributed by atoms with Gasteiger partial charge in [-0.3, -0.25) is 9.59 Å². The van der Waals surface area contributed by atoms with E-state index in [1.807, 2.05) is 66.7 Å². The van der Waals surface area contributed by atoms with Crippen LogP contribution in [0.1, 0.15) is 21.5 Å². The standard InChI is InChI=1S/C24H20ClNO2S/c25-21-7-3-1-5-17(21)12-9-16-10-13-18(14-11-16)26-24(28)20-15-29-22-8-4-2-6-19(22)23(20)27/h1-8,10-11,13-14,20H,9,12,15H2,(H,26,28). The second kappa shape index (κ2) is 8.85. The smallest absolute Gasteiger partial charge is 0.236 e. The molecule has 1 aliphatic rings. The van der Waals surface area contributed by atoms with Gasteiger partial charge in [-0.05, 0) is 48.2 Å². The Morgan fingerprint density at radius 2 is 1.69 bits per heavy atom. The third kappa shape index (κ3) is 4.55. The summed E-state index contributed by atoms with van der Waals surface area (Å²) in [6.45, 7) is 0.